The second-order valence-corrected chi connectivity index (χ2v) is 8.83. The Hall–Kier alpha value is -2.49. The summed E-state index contributed by atoms with van der Waals surface area (Å²) in [4.78, 5) is 44.6. The lowest BCUT2D eigenvalue weighted by atomic mass is 9.89. The third-order valence-electron chi connectivity index (χ3n) is 6.74. The van der Waals surface area contributed by atoms with Gasteiger partial charge in [-0.15, -0.1) is 0 Å². The first-order chi connectivity index (χ1) is 15.5. The van der Waals surface area contributed by atoms with Crippen LogP contribution in [0.5, 0.6) is 0 Å². The van der Waals surface area contributed by atoms with Gasteiger partial charge in [0.25, 0.3) is 5.91 Å². The third-order valence-corrected chi connectivity index (χ3v) is 6.74. The first kappa shape index (κ1) is 22.7. The van der Waals surface area contributed by atoms with Crippen molar-refractivity contribution in [1.82, 2.24) is 15.1 Å². The van der Waals surface area contributed by atoms with Gasteiger partial charge >= 0.3 is 0 Å². The fourth-order valence-corrected chi connectivity index (χ4v) is 5.05. The minimum Gasteiger partial charge on any atom is -0.383 e. The molecule has 4 rings (SSSR count). The summed E-state index contributed by atoms with van der Waals surface area (Å²) in [5, 5.41) is 5.87. The predicted octanol–water partition coefficient (Wildman–Crippen LogP) is 0.665. The van der Waals surface area contributed by atoms with Crippen LogP contribution in [0.1, 0.15) is 25.7 Å². The van der Waals surface area contributed by atoms with Crippen molar-refractivity contribution in [1.29, 1.82) is 0 Å². The second kappa shape index (κ2) is 9.97. The number of rotatable bonds is 7. The Morgan fingerprint density at radius 3 is 2.41 bits per heavy atom. The van der Waals surface area contributed by atoms with Gasteiger partial charge in [0.05, 0.1) is 31.1 Å². The lowest BCUT2D eigenvalue weighted by Gasteiger charge is -2.45. The maximum Gasteiger partial charge on any atom is 0.250 e. The van der Waals surface area contributed by atoms with E-state index < -0.39 is 5.54 Å². The average molecular weight is 444 g/mol. The molecule has 0 unspecified atom stereocenters. The van der Waals surface area contributed by atoms with Crippen molar-refractivity contribution in [3.63, 3.8) is 0 Å². The highest BCUT2D eigenvalue weighted by atomic mass is 16.5. The Bertz CT molecular complexity index is 847. The molecule has 3 amide bonds. The number of ether oxygens (including phenoxy) is 1. The summed E-state index contributed by atoms with van der Waals surface area (Å²) in [6.45, 7) is 4.53. The van der Waals surface area contributed by atoms with Crippen molar-refractivity contribution in [3.8, 4) is 0 Å². The van der Waals surface area contributed by atoms with E-state index in [0.717, 1.165) is 31.6 Å². The minimum atomic E-state index is -0.770. The zero-order valence-corrected chi connectivity index (χ0v) is 18.8. The number of methoxy groups -OCH3 is 1. The van der Waals surface area contributed by atoms with Crippen molar-refractivity contribution >= 4 is 29.1 Å². The number of amides is 3. The van der Waals surface area contributed by atoms with Gasteiger partial charge in [-0.05, 0) is 25.0 Å². The monoisotopic (exact) mass is 443 g/mol. The summed E-state index contributed by atoms with van der Waals surface area (Å²) < 4.78 is 4.95. The molecular weight excluding hydrogens is 410 g/mol. The molecule has 0 bridgehead atoms. The summed E-state index contributed by atoms with van der Waals surface area (Å²) in [6, 6.07) is 7.56. The van der Waals surface area contributed by atoms with Gasteiger partial charge in [-0.2, -0.15) is 0 Å². The Labute approximate surface area is 189 Å². The maximum atomic E-state index is 13.6. The number of hydrogen-bond acceptors (Lipinski definition) is 6. The van der Waals surface area contributed by atoms with Gasteiger partial charge < -0.3 is 15.4 Å². The largest absolute Gasteiger partial charge is 0.383 e. The molecule has 1 saturated heterocycles. The zero-order valence-electron chi connectivity index (χ0n) is 18.8. The molecule has 32 heavy (non-hydrogen) atoms. The van der Waals surface area contributed by atoms with Crippen LogP contribution in [0.2, 0.25) is 0 Å². The van der Waals surface area contributed by atoms with E-state index in [0.29, 0.717) is 51.3 Å². The van der Waals surface area contributed by atoms with Crippen LogP contribution >= 0.6 is 0 Å². The number of carbonyl (C=O) groups is 3. The molecule has 1 aromatic carbocycles. The van der Waals surface area contributed by atoms with Crippen molar-refractivity contribution in [2.75, 3.05) is 69.7 Å². The molecule has 2 N–H and O–H groups in total. The van der Waals surface area contributed by atoms with Crippen LogP contribution in [0.3, 0.4) is 0 Å². The Balaban J connectivity index is 1.37. The number of hydrogen-bond donors (Lipinski definition) is 2. The van der Waals surface area contributed by atoms with E-state index in [2.05, 4.69) is 20.4 Å². The molecule has 3 aliphatic rings. The van der Waals surface area contributed by atoms with E-state index in [1.807, 2.05) is 24.3 Å². The Morgan fingerprint density at radius 2 is 1.72 bits per heavy atom. The van der Waals surface area contributed by atoms with Crippen molar-refractivity contribution < 1.29 is 19.1 Å². The van der Waals surface area contributed by atoms with Crippen LogP contribution in [0.15, 0.2) is 24.3 Å². The van der Waals surface area contributed by atoms with Crippen LogP contribution in [-0.2, 0) is 19.1 Å². The molecular formula is C23H33N5O4. The Morgan fingerprint density at radius 1 is 1.06 bits per heavy atom. The molecule has 1 aromatic rings. The topological polar surface area (TPSA) is 94.2 Å². The third kappa shape index (κ3) is 4.65. The molecule has 1 spiro atoms. The van der Waals surface area contributed by atoms with E-state index in [1.54, 1.807) is 12.0 Å². The van der Waals surface area contributed by atoms with Crippen LogP contribution in [-0.4, -0.2) is 92.6 Å². The highest BCUT2D eigenvalue weighted by Gasteiger charge is 2.52. The van der Waals surface area contributed by atoms with E-state index in [1.165, 1.54) is 0 Å². The molecule has 9 nitrogen and oxygen atoms in total. The van der Waals surface area contributed by atoms with Gasteiger partial charge in [0.2, 0.25) is 11.8 Å². The summed E-state index contributed by atoms with van der Waals surface area (Å²) in [5.41, 5.74) is 0.728. The van der Waals surface area contributed by atoms with Gasteiger partial charge in [0, 0.05) is 39.8 Å². The predicted molar refractivity (Wildman–Crippen MR) is 122 cm³/mol. The van der Waals surface area contributed by atoms with Gasteiger partial charge in [0.15, 0.2) is 0 Å². The first-order valence-electron chi connectivity index (χ1n) is 11.5. The highest BCUT2D eigenvalue weighted by molar-refractivity contribution is 6.15. The van der Waals surface area contributed by atoms with Gasteiger partial charge in [-0.1, -0.05) is 25.0 Å². The van der Waals surface area contributed by atoms with Crippen LogP contribution in [0, 0.1) is 0 Å². The number of benzene rings is 1. The molecule has 174 valence electrons. The van der Waals surface area contributed by atoms with Crippen LogP contribution < -0.4 is 15.5 Å². The van der Waals surface area contributed by atoms with Gasteiger partial charge in [0.1, 0.15) is 5.54 Å². The quantitative estimate of drug-likeness (QED) is 0.602. The van der Waals surface area contributed by atoms with Crippen LogP contribution in [0.4, 0.5) is 11.4 Å². The molecule has 0 radical (unpaired) electrons. The number of nitrogens with zero attached hydrogens (tertiary/aromatic N) is 3. The SMILES string of the molecule is COCCNC(=O)CN1CCN(CC(=O)N2c3ccccc3NC(=O)C23CCCC3)CC1. The number of piperazine rings is 1. The highest BCUT2D eigenvalue weighted by Crippen LogP contribution is 2.45. The fraction of sp³-hybridized carbons (Fsp3) is 0.609. The molecule has 0 aromatic heterocycles. The fourth-order valence-electron chi connectivity index (χ4n) is 5.05. The summed E-state index contributed by atoms with van der Waals surface area (Å²) >= 11 is 0. The van der Waals surface area contributed by atoms with E-state index in [9.17, 15) is 14.4 Å². The number of anilines is 2. The van der Waals surface area contributed by atoms with Gasteiger partial charge in [-0.3, -0.25) is 29.1 Å². The van der Waals surface area contributed by atoms with Crippen molar-refractivity contribution in [2.24, 2.45) is 0 Å². The number of para-hydroxylation sites is 2. The zero-order chi connectivity index (χ0) is 22.6. The average Bonchev–Trinajstić information content (AvgIpc) is 3.26. The van der Waals surface area contributed by atoms with E-state index >= 15 is 0 Å². The second-order valence-electron chi connectivity index (χ2n) is 8.83. The van der Waals surface area contributed by atoms with Crippen LogP contribution in [0.25, 0.3) is 0 Å². The van der Waals surface area contributed by atoms with Gasteiger partial charge in [-0.25, -0.2) is 0 Å². The van der Waals surface area contributed by atoms with E-state index in [4.69, 9.17) is 4.74 Å². The molecule has 2 aliphatic heterocycles. The lowest BCUT2D eigenvalue weighted by molar-refractivity contribution is -0.128. The standard InChI is InChI=1S/C23H33N5O4/c1-32-15-10-24-20(29)16-26-11-13-27(14-12-26)17-21(30)28-19-7-3-2-6-18(19)25-22(31)23(28)8-4-5-9-23/h2-3,6-7H,4-5,8-17H2,1H3,(H,24,29)(H,25,31). The molecule has 2 fully saturated rings. The molecule has 1 aliphatic carbocycles. The summed E-state index contributed by atoms with van der Waals surface area (Å²) in [7, 11) is 1.61. The number of nitrogens with one attached hydrogen (secondary N) is 2. The molecule has 0 atom stereocenters. The lowest BCUT2D eigenvalue weighted by Crippen LogP contribution is -2.62. The molecule has 2 heterocycles. The summed E-state index contributed by atoms with van der Waals surface area (Å²) in [6.07, 6.45) is 3.30. The molecule has 1 saturated carbocycles. The maximum absolute atomic E-state index is 13.6. The minimum absolute atomic E-state index is 0.00862. The first-order valence-corrected chi connectivity index (χ1v) is 11.5. The van der Waals surface area contributed by atoms with Crippen molar-refractivity contribution in [3.05, 3.63) is 24.3 Å². The number of carbonyl (C=O) groups excluding carboxylic acids is 3. The smallest absolute Gasteiger partial charge is 0.250 e. The number of fused-ring (bicyclic) bond motifs is 1. The Kier molecular flexibility index (Phi) is 7.07. The van der Waals surface area contributed by atoms with Crippen molar-refractivity contribution in [2.45, 2.75) is 31.2 Å². The summed E-state index contributed by atoms with van der Waals surface area (Å²) in [5.74, 6) is -0.1000. The molecule has 9 heteroatoms. The van der Waals surface area contributed by atoms with E-state index in [-0.39, 0.29) is 24.3 Å². The normalized spacial score (nSPS) is 20.8.